The van der Waals surface area contributed by atoms with E-state index in [4.69, 9.17) is 0 Å². The number of aromatic amines is 1. The number of halogens is 2. The minimum absolute atomic E-state index is 0.290. The average Bonchev–Trinajstić information content (AvgIpc) is 3.11. The highest BCUT2D eigenvalue weighted by Gasteiger charge is 2.22. The van der Waals surface area contributed by atoms with Gasteiger partial charge in [0, 0.05) is 24.0 Å². The molecule has 9 heteroatoms. The van der Waals surface area contributed by atoms with Crippen molar-refractivity contribution in [2.75, 3.05) is 17.2 Å². The van der Waals surface area contributed by atoms with E-state index in [1.165, 1.54) is 0 Å². The number of nitrogens with zero attached hydrogens (tertiary/aromatic N) is 3. The van der Waals surface area contributed by atoms with E-state index in [1.54, 1.807) is 12.3 Å². The van der Waals surface area contributed by atoms with Crippen molar-refractivity contribution in [3.05, 3.63) is 50.6 Å². The summed E-state index contributed by atoms with van der Waals surface area (Å²) in [5.41, 5.74) is 3.49. The molecule has 0 bridgehead atoms. The van der Waals surface area contributed by atoms with E-state index in [1.807, 2.05) is 26.0 Å². The molecule has 1 aromatic carbocycles. The normalized spacial score (nSPS) is 19.0. The Kier molecular flexibility index (Phi) is 6.19. The van der Waals surface area contributed by atoms with E-state index in [0.717, 1.165) is 39.8 Å². The van der Waals surface area contributed by atoms with Crippen LogP contribution in [0.3, 0.4) is 0 Å². The molecule has 0 unspecified atom stereocenters. The third kappa shape index (κ3) is 4.72. The van der Waals surface area contributed by atoms with Crippen molar-refractivity contribution >= 4 is 45.9 Å². The molecular weight excluding hydrogens is 496 g/mol. The van der Waals surface area contributed by atoms with Crippen LogP contribution >= 0.6 is 22.6 Å². The number of benzene rings is 1. The van der Waals surface area contributed by atoms with Crippen LogP contribution in [-0.2, 0) is 0 Å². The molecule has 1 aliphatic rings. The maximum Gasteiger partial charge on any atom is 0.229 e. The van der Waals surface area contributed by atoms with Crippen molar-refractivity contribution in [3.8, 4) is 0 Å². The Morgan fingerprint density at radius 2 is 2.03 bits per heavy atom. The summed E-state index contributed by atoms with van der Waals surface area (Å²) in [5.74, 6) is 1.69. The first kappa shape index (κ1) is 21.0. The van der Waals surface area contributed by atoms with Crippen LogP contribution in [0.5, 0.6) is 0 Å². The molecule has 3 aromatic rings. The minimum atomic E-state index is -0.290. The predicted molar refractivity (Wildman–Crippen MR) is 125 cm³/mol. The highest BCUT2D eigenvalue weighted by Crippen LogP contribution is 2.33. The van der Waals surface area contributed by atoms with E-state index < -0.39 is 0 Å². The summed E-state index contributed by atoms with van der Waals surface area (Å²) in [6.45, 7) is 7.11. The number of hydrogen-bond acceptors (Lipinski definition) is 6. The molecule has 0 aliphatic carbocycles. The molecule has 0 amide bonds. The second-order valence-corrected chi connectivity index (χ2v) is 9.00. The van der Waals surface area contributed by atoms with Gasteiger partial charge in [0.1, 0.15) is 5.82 Å². The fraction of sp³-hybridized carbons (Fsp3) is 0.381. The number of piperidine rings is 1. The first-order valence-corrected chi connectivity index (χ1v) is 11.1. The molecule has 0 radical (unpaired) electrons. The molecule has 158 valence electrons. The van der Waals surface area contributed by atoms with Gasteiger partial charge in [0.25, 0.3) is 0 Å². The Morgan fingerprint density at radius 3 is 2.77 bits per heavy atom. The van der Waals surface area contributed by atoms with Gasteiger partial charge in [0.2, 0.25) is 5.95 Å². The molecule has 7 nitrogen and oxygen atoms in total. The molecule has 4 N–H and O–H groups in total. The number of aryl methyl sites for hydroxylation is 2. The lowest BCUT2D eigenvalue weighted by atomic mass is 9.84. The highest BCUT2D eigenvalue weighted by molar-refractivity contribution is 14.1. The fourth-order valence-electron chi connectivity index (χ4n) is 3.89. The van der Waals surface area contributed by atoms with Gasteiger partial charge in [0.05, 0.1) is 9.26 Å². The van der Waals surface area contributed by atoms with E-state index in [9.17, 15) is 4.39 Å². The van der Waals surface area contributed by atoms with Gasteiger partial charge in [-0.3, -0.25) is 5.10 Å². The second kappa shape index (κ2) is 8.84. The Bertz CT molecular complexity index is 1050. The summed E-state index contributed by atoms with van der Waals surface area (Å²) in [7, 11) is 0. The summed E-state index contributed by atoms with van der Waals surface area (Å²) in [6, 6.07) is 5.85. The first-order chi connectivity index (χ1) is 14.4. The molecule has 2 aromatic heterocycles. The van der Waals surface area contributed by atoms with Crippen molar-refractivity contribution in [1.82, 2.24) is 25.5 Å². The molecular formula is C21H25FIN7. The fourth-order valence-corrected chi connectivity index (χ4v) is 4.28. The summed E-state index contributed by atoms with van der Waals surface area (Å²) < 4.78 is 15.8. The lowest BCUT2D eigenvalue weighted by Gasteiger charge is -2.29. The number of aromatic nitrogens is 4. The van der Waals surface area contributed by atoms with Crippen LogP contribution in [0.15, 0.2) is 24.4 Å². The molecule has 0 saturated carbocycles. The molecule has 30 heavy (non-hydrogen) atoms. The SMILES string of the molecule is Cc1cc(Nc2nc(Nc3cc(C)c([C@H]4CCN[C@H](C)C4)cc3F)ncc2I)n[nH]1. The van der Waals surface area contributed by atoms with Crippen molar-refractivity contribution < 1.29 is 4.39 Å². The van der Waals surface area contributed by atoms with Gasteiger partial charge in [-0.15, -0.1) is 0 Å². The largest absolute Gasteiger partial charge is 0.322 e. The van der Waals surface area contributed by atoms with Crippen molar-refractivity contribution in [3.63, 3.8) is 0 Å². The van der Waals surface area contributed by atoms with Gasteiger partial charge in [-0.2, -0.15) is 10.1 Å². The predicted octanol–water partition coefficient (Wildman–Crippen LogP) is 4.90. The van der Waals surface area contributed by atoms with Crippen molar-refractivity contribution in [1.29, 1.82) is 0 Å². The summed E-state index contributed by atoms with van der Waals surface area (Å²) in [5, 5.41) is 16.7. The van der Waals surface area contributed by atoms with Crippen LogP contribution in [0.1, 0.15) is 42.5 Å². The van der Waals surface area contributed by atoms with Crippen LogP contribution in [0.2, 0.25) is 0 Å². The number of H-pyrrole nitrogens is 1. The molecule has 1 saturated heterocycles. The summed E-state index contributed by atoms with van der Waals surface area (Å²) in [4.78, 5) is 8.80. The lowest BCUT2D eigenvalue weighted by molar-refractivity contribution is 0.379. The van der Waals surface area contributed by atoms with Gasteiger partial charge < -0.3 is 16.0 Å². The van der Waals surface area contributed by atoms with Crippen LogP contribution < -0.4 is 16.0 Å². The van der Waals surface area contributed by atoms with Crippen molar-refractivity contribution in [2.45, 2.75) is 45.6 Å². The lowest BCUT2D eigenvalue weighted by Crippen LogP contribution is -2.35. The quantitative estimate of drug-likeness (QED) is 0.357. The standard InChI is InChI=1S/C21H25FIN7/c1-11-6-18(16(22)9-15(11)14-4-5-24-12(2)7-14)26-21-25-10-17(23)20(28-21)27-19-8-13(3)29-30-19/h6,8-10,12,14,24H,4-5,7H2,1-3H3,(H3,25,26,27,28,29,30)/t12-,14+/m1/s1. The number of nitrogens with one attached hydrogen (secondary N) is 4. The van der Waals surface area contributed by atoms with E-state index in [-0.39, 0.29) is 5.82 Å². The topological polar surface area (TPSA) is 90.6 Å². The minimum Gasteiger partial charge on any atom is -0.322 e. The molecule has 2 atom stereocenters. The summed E-state index contributed by atoms with van der Waals surface area (Å²) in [6.07, 6.45) is 3.74. The van der Waals surface area contributed by atoms with Crippen LogP contribution in [0.25, 0.3) is 0 Å². The molecule has 1 aliphatic heterocycles. The van der Waals surface area contributed by atoms with E-state index in [2.05, 4.69) is 65.6 Å². The van der Waals surface area contributed by atoms with Gasteiger partial charge in [-0.25, -0.2) is 9.37 Å². The Morgan fingerprint density at radius 1 is 1.20 bits per heavy atom. The van der Waals surface area contributed by atoms with Gasteiger partial charge in [-0.1, -0.05) is 0 Å². The smallest absolute Gasteiger partial charge is 0.229 e. The summed E-state index contributed by atoms with van der Waals surface area (Å²) >= 11 is 2.15. The molecule has 3 heterocycles. The first-order valence-electron chi connectivity index (χ1n) is 10.0. The second-order valence-electron chi connectivity index (χ2n) is 7.84. The van der Waals surface area contributed by atoms with Gasteiger partial charge >= 0.3 is 0 Å². The highest BCUT2D eigenvalue weighted by atomic mass is 127. The Hall–Kier alpha value is -2.27. The zero-order valence-corrected chi connectivity index (χ0v) is 19.3. The third-order valence-electron chi connectivity index (χ3n) is 5.36. The zero-order valence-electron chi connectivity index (χ0n) is 17.2. The molecule has 1 fully saturated rings. The van der Waals surface area contributed by atoms with E-state index >= 15 is 0 Å². The average molecular weight is 521 g/mol. The number of hydrogen-bond donors (Lipinski definition) is 4. The third-order valence-corrected chi connectivity index (χ3v) is 6.15. The Labute approximate surface area is 188 Å². The molecule has 0 spiro atoms. The number of rotatable bonds is 5. The Balaban J connectivity index is 1.55. The van der Waals surface area contributed by atoms with Crippen LogP contribution in [0, 0.1) is 23.2 Å². The maximum absolute atomic E-state index is 14.9. The molecule has 4 rings (SSSR count). The zero-order chi connectivity index (χ0) is 21.3. The van der Waals surface area contributed by atoms with Gasteiger partial charge in [0.15, 0.2) is 11.6 Å². The van der Waals surface area contributed by atoms with Gasteiger partial charge in [-0.05, 0) is 91.9 Å². The number of anilines is 4. The van der Waals surface area contributed by atoms with Crippen LogP contribution in [-0.4, -0.2) is 32.8 Å². The van der Waals surface area contributed by atoms with Crippen molar-refractivity contribution in [2.24, 2.45) is 0 Å². The van der Waals surface area contributed by atoms with E-state index in [0.29, 0.717) is 35.2 Å². The maximum atomic E-state index is 14.9. The monoisotopic (exact) mass is 521 g/mol. The van der Waals surface area contributed by atoms with Crippen LogP contribution in [0.4, 0.5) is 27.7 Å².